The van der Waals surface area contributed by atoms with Crippen LogP contribution in [0.3, 0.4) is 0 Å². The van der Waals surface area contributed by atoms with Gasteiger partial charge in [-0.1, -0.05) is 0 Å². The van der Waals surface area contributed by atoms with E-state index in [0.29, 0.717) is 13.0 Å². The summed E-state index contributed by atoms with van der Waals surface area (Å²) in [5.41, 5.74) is 5.56. The summed E-state index contributed by atoms with van der Waals surface area (Å²) in [6.45, 7) is 0.500. The number of esters is 1. The van der Waals surface area contributed by atoms with Crippen molar-refractivity contribution in [2.24, 2.45) is 5.73 Å². The summed E-state index contributed by atoms with van der Waals surface area (Å²) in [5, 5.41) is 0. The average Bonchev–Trinajstić information content (AvgIpc) is 1.97. The Kier molecular flexibility index (Phi) is 2.05. The quantitative estimate of drug-likeness (QED) is 0.470. The molecule has 9 heavy (non-hydrogen) atoms. The van der Waals surface area contributed by atoms with Gasteiger partial charge >= 0.3 is 5.97 Å². The van der Waals surface area contributed by atoms with Crippen LogP contribution >= 0.6 is 0 Å². The molecule has 1 rings (SSSR count). The van der Waals surface area contributed by atoms with Crippen molar-refractivity contribution in [3.05, 3.63) is 0 Å². The molecule has 1 aliphatic heterocycles. The van der Waals surface area contributed by atoms with Gasteiger partial charge in [0.15, 0.2) is 0 Å². The SMILES string of the molecule is NC1CCOC(=O)CC1. The van der Waals surface area contributed by atoms with Gasteiger partial charge in [-0.05, 0) is 12.8 Å². The molecule has 0 bridgehead atoms. The molecule has 0 amide bonds. The van der Waals surface area contributed by atoms with Crippen molar-refractivity contribution in [2.75, 3.05) is 6.61 Å². The third kappa shape index (κ3) is 2.01. The van der Waals surface area contributed by atoms with Gasteiger partial charge in [-0.25, -0.2) is 0 Å². The lowest BCUT2D eigenvalue weighted by atomic mass is 10.1. The van der Waals surface area contributed by atoms with Crippen LogP contribution < -0.4 is 5.73 Å². The Morgan fingerprint density at radius 2 is 2.33 bits per heavy atom. The van der Waals surface area contributed by atoms with Crippen LogP contribution in [0.1, 0.15) is 19.3 Å². The number of ether oxygens (including phenoxy) is 1. The van der Waals surface area contributed by atoms with E-state index in [0.717, 1.165) is 12.8 Å². The minimum atomic E-state index is -0.108. The molecule has 52 valence electrons. The first-order chi connectivity index (χ1) is 4.29. The lowest BCUT2D eigenvalue weighted by molar-refractivity contribution is -0.142. The number of carbonyl (C=O) groups excluding carboxylic acids is 1. The summed E-state index contributed by atoms with van der Waals surface area (Å²) in [7, 11) is 0. The fourth-order valence-corrected chi connectivity index (χ4v) is 0.844. The molecule has 1 aliphatic rings. The smallest absolute Gasteiger partial charge is 0.305 e. The standard InChI is InChI=1S/C6H11NO2/c7-5-1-2-6(8)9-4-3-5/h5H,1-4,7H2. The molecule has 1 atom stereocenters. The van der Waals surface area contributed by atoms with Crippen molar-refractivity contribution in [1.29, 1.82) is 0 Å². The van der Waals surface area contributed by atoms with E-state index >= 15 is 0 Å². The van der Waals surface area contributed by atoms with Gasteiger partial charge < -0.3 is 10.5 Å². The zero-order valence-corrected chi connectivity index (χ0v) is 5.30. The van der Waals surface area contributed by atoms with Crippen molar-refractivity contribution in [2.45, 2.75) is 25.3 Å². The first-order valence-electron chi connectivity index (χ1n) is 3.20. The van der Waals surface area contributed by atoms with E-state index < -0.39 is 0 Å². The highest BCUT2D eigenvalue weighted by Crippen LogP contribution is 2.05. The van der Waals surface area contributed by atoms with Crippen LogP contribution in [0.4, 0.5) is 0 Å². The minimum Gasteiger partial charge on any atom is -0.466 e. The highest BCUT2D eigenvalue weighted by molar-refractivity contribution is 5.69. The molecule has 3 heteroatoms. The lowest BCUT2D eigenvalue weighted by Crippen LogP contribution is -2.19. The van der Waals surface area contributed by atoms with Crippen LogP contribution in [0, 0.1) is 0 Å². The van der Waals surface area contributed by atoms with Gasteiger partial charge in [-0.15, -0.1) is 0 Å². The zero-order valence-electron chi connectivity index (χ0n) is 5.30. The van der Waals surface area contributed by atoms with Crippen LogP contribution in [-0.2, 0) is 9.53 Å². The largest absolute Gasteiger partial charge is 0.466 e. The second-order valence-electron chi connectivity index (χ2n) is 2.31. The van der Waals surface area contributed by atoms with Crippen LogP contribution in [0.15, 0.2) is 0 Å². The summed E-state index contributed by atoms with van der Waals surface area (Å²) in [5.74, 6) is -0.108. The molecule has 1 fully saturated rings. The van der Waals surface area contributed by atoms with Gasteiger partial charge in [0.1, 0.15) is 0 Å². The summed E-state index contributed by atoms with van der Waals surface area (Å²) in [4.78, 5) is 10.6. The number of hydrogen-bond acceptors (Lipinski definition) is 3. The maximum absolute atomic E-state index is 10.6. The Bertz CT molecular complexity index is 114. The summed E-state index contributed by atoms with van der Waals surface area (Å²) >= 11 is 0. The molecule has 1 unspecified atom stereocenters. The molecule has 0 aromatic rings. The lowest BCUT2D eigenvalue weighted by Gasteiger charge is -2.01. The fourth-order valence-electron chi connectivity index (χ4n) is 0.844. The highest BCUT2D eigenvalue weighted by Gasteiger charge is 2.12. The van der Waals surface area contributed by atoms with Crippen LogP contribution in [-0.4, -0.2) is 18.6 Å². The Morgan fingerprint density at radius 1 is 1.56 bits per heavy atom. The second kappa shape index (κ2) is 2.82. The van der Waals surface area contributed by atoms with Crippen molar-refractivity contribution in [1.82, 2.24) is 0 Å². The normalized spacial score (nSPS) is 29.0. The third-order valence-corrected chi connectivity index (χ3v) is 1.47. The van der Waals surface area contributed by atoms with Crippen LogP contribution in [0.5, 0.6) is 0 Å². The molecule has 0 aromatic carbocycles. The minimum absolute atomic E-state index is 0.108. The van der Waals surface area contributed by atoms with Crippen molar-refractivity contribution >= 4 is 5.97 Å². The highest BCUT2D eigenvalue weighted by atomic mass is 16.5. The number of nitrogens with two attached hydrogens (primary N) is 1. The van der Waals surface area contributed by atoms with E-state index in [2.05, 4.69) is 0 Å². The molecular weight excluding hydrogens is 118 g/mol. The molecule has 0 saturated carbocycles. The third-order valence-electron chi connectivity index (χ3n) is 1.47. The van der Waals surface area contributed by atoms with Crippen molar-refractivity contribution < 1.29 is 9.53 Å². The Hall–Kier alpha value is -0.570. The zero-order chi connectivity index (χ0) is 6.69. The van der Waals surface area contributed by atoms with E-state index in [9.17, 15) is 4.79 Å². The van der Waals surface area contributed by atoms with E-state index in [4.69, 9.17) is 10.5 Å². The molecule has 1 heterocycles. The Morgan fingerprint density at radius 3 is 3.11 bits per heavy atom. The summed E-state index contributed by atoms with van der Waals surface area (Å²) in [6.07, 6.45) is 2.08. The average molecular weight is 129 g/mol. The van der Waals surface area contributed by atoms with Gasteiger partial charge in [0.05, 0.1) is 6.61 Å². The fraction of sp³-hybridized carbons (Fsp3) is 0.833. The maximum Gasteiger partial charge on any atom is 0.305 e. The molecule has 0 aliphatic carbocycles. The van der Waals surface area contributed by atoms with E-state index in [1.165, 1.54) is 0 Å². The van der Waals surface area contributed by atoms with Gasteiger partial charge in [0.25, 0.3) is 0 Å². The molecule has 0 spiro atoms. The molecule has 0 radical (unpaired) electrons. The number of cyclic esters (lactones) is 1. The Balaban J connectivity index is 2.34. The molecule has 1 saturated heterocycles. The second-order valence-corrected chi connectivity index (χ2v) is 2.31. The topological polar surface area (TPSA) is 52.3 Å². The van der Waals surface area contributed by atoms with Crippen LogP contribution in [0.2, 0.25) is 0 Å². The Labute approximate surface area is 54.2 Å². The predicted octanol–water partition coefficient (Wildman–Crippen LogP) is 0.0408. The first kappa shape index (κ1) is 6.55. The number of hydrogen-bond donors (Lipinski definition) is 1. The molecular formula is C6H11NO2. The van der Waals surface area contributed by atoms with Crippen LogP contribution in [0.25, 0.3) is 0 Å². The van der Waals surface area contributed by atoms with Gasteiger partial charge in [-0.2, -0.15) is 0 Å². The maximum atomic E-state index is 10.6. The number of rotatable bonds is 0. The van der Waals surface area contributed by atoms with Crippen molar-refractivity contribution in [3.8, 4) is 0 Å². The molecule has 2 N–H and O–H groups in total. The predicted molar refractivity (Wildman–Crippen MR) is 32.8 cm³/mol. The van der Waals surface area contributed by atoms with Crippen molar-refractivity contribution in [3.63, 3.8) is 0 Å². The van der Waals surface area contributed by atoms with E-state index in [1.54, 1.807) is 0 Å². The monoisotopic (exact) mass is 129 g/mol. The van der Waals surface area contributed by atoms with E-state index in [-0.39, 0.29) is 12.0 Å². The molecule has 3 nitrogen and oxygen atoms in total. The molecule has 0 aromatic heterocycles. The first-order valence-corrected chi connectivity index (χ1v) is 3.20. The van der Waals surface area contributed by atoms with Gasteiger partial charge in [-0.3, -0.25) is 4.79 Å². The summed E-state index contributed by atoms with van der Waals surface area (Å²) < 4.78 is 4.75. The van der Waals surface area contributed by atoms with Gasteiger partial charge in [0.2, 0.25) is 0 Å². The number of carbonyl (C=O) groups is 1. The summed E-state index contributed by atoms with van der Waals surface area (Å²) in [6, 6.07) is 0.163. The van der Waals surface area contributed by atoms with Gasteiger partial charge in [0, 0.05) is 12.5 Å². The van der Waals surface area contributed by atoms with E-state index in [1.807, 2.05) is 0 Å².